The fourth-order valence-electron chi connectivity index (χ4n) is 3.21. The minimum Gasteiger partial charge on any atom is -0.437 e. The fourth-order valence-corrected chi connectivity index (χ4v) is 3.53. The molecular weight excluding hydrogens is 431 g/mol. The summed E-state index contributed by atoms with van der Waals surface area (Å²) in [7, 11) is 1.73. The van der Waals surface area contributed by atoms with Crippen molar-refractivity contribution in [2.24, 2.45) is 0 Å². The quantitative estimate of drug-likeness (QED) is 0.326. The summed E-state index contributed by atoms with van der Waals surface area (Å²) in [5.74, 6) is 0.222. The summed E-state index contributed by atoms with van der Waals surface area (Å²) in [6, 6.07) is 25.9. The predicted octanol–water partition coefficient (Wildman–Crippen LogP) is 7.12. The Balaban J connectivity index is 1.70. The van der Waals surface area contributed by atoms with Crippen LogP contribution >= 0.6 is 23.2 Å². The number of ether oxygens (including phenoxy) is 1. The van der Waals surface area contributed by atoms with Gasteiger partial charge in [-0.2, -0.15) is 0 Å². The van der Waals surface area contributed by atoms with Crippen molar-refractivity contribution in [2.45, 2.75) is 0 Å². The summed E-state index contributed by atoms with van der Waals surface area (Å²) in [6.45, 7) is 0. The van der Waals surface area contributed by atoms with Crippen LogP contribution in [0.2, 0.25) is 10.0 Å². The van der Waals surface area contributed by atoms with Crippen LogP contribution in [-0.4, -0.2) is 17.9 Å². The highest BCUT2D eigenvalue weighted by molar-refractivity contribution is 6.34. The zero-order valence-electron chi connectivity index (χ0n) is 16.6. The van der Waals surface area contributed by atoms with Crippen molar-refractivity contribution < 1.29 is 9.53 Å². The van der Waals surface area contributed by atoms with Gasteiger partial charge in [0.1, 0.15) is 11.3 Å². The van der Waals surface area contributed by atoms with Crippen LogP contribution in [0.15, 0.2) is 91.1 Å². The second kappa shape index (κ2) is 9.21. The van der Waals surface area contributed by atoms with Gasteiger partial charge in [-0.15, -0.1) is 0 Å². The topological polar surface area (TPSA) is 42.4 Å². The summed E-state index contributed by atoms with van der Waals surface area (Å²) in [5.41, 5.74) is 3.05. The Hall–Kier alpha value is -3.34. The van der Waals surface area contributed by atoms with Gasteiger partial charge < -0.3 is 9.64 Å². The molecule has 0 aliphatic carbocycles. The molecule has 4 nitrogen and oxygen atoms in total. The molecule has 4 rings (SSSR count). The molecule has 4 aromatic rings. The van der Waals surface area contributed by atoms with E-state index < -0.39 is 0 Å². The summed E-state index contributed by atoms with van der Waals surface area (Å²) in [5, 5.41) is 0.841. The normalized spacial score (nSPS) is 10.5. The maximum Gasteiger partial charge on any atom is 0.263 e. The lowest BCUT2D eigenvalue weighted by Gasteiger charge is -2.22. The van der Waals surface area contributed by atoms with Crippen LogP contribution < -0.4 is 9.64 Å². The van der Waals surface area contributed by atoms with Gasteiger partial charge in [-0.1, -0.05) is 71.7 Å². The lowest BCUT2D eigenvalue weighted by atomic mass is 10.0. The molecule has 0 unspecified atom stereocenters. The van der Waals surface area contributed by atoms with E-state index in [4.69, 9.17) is 27.9 Å². The smallest absolute Gasteiger partial charge is 0.263 e. The van der Waals surface area contributed by atoms with Crippen molar-refractivity contribution in [3.05, 3.63) is 107 Å². The molecule has 0 saturated heterocycles. The minimum absolute atomic E-state index is 0.153. The average Bonchev–Trinajstić information content (AvgIpc) is 2.81. The molecule has 0 N–H and O–H groups in total. The number of amides is 1. The van der Waals surface area contributed by atoms with Gasteiger partial charge in [-0.05, 0) is 35.9 Å². The standard InChI is InChI=1S/C25H18Cl2N2O2/c1-29(22-12-6-5-10-19(22)17-8-3-2-4-9-17)25(30)20-11-7-15-28-24(20)31-23-16-18(26)13-14-21(23)27/h2-16H,1H3. The number of aromatic nitrogens is 1. The van der Waals surface area contributed by atoms with Gasteiger partial charge >= 0.3 is 0 Å². The molecule has 0 aliphatic rings. The number of pyridine rings is 1. The lowest BCUT2D eigenvalue weighted by Crippen LogP contribution is -2.27. The molecule has 1 heterocycles. The first-order valence-corrected chi connectivity index (χ1v) is 10.3. The highest BCUT2D eigenvalue weighted by atomic mass is 35.5. The van der Waals surface area contributed by atoms with Crippen LogP contribution in [0, 0.1) is 0 Å². The number of para-hydroxylation sites is 1. The molecule has 0 bridgehead atoms. The zero-order valence-corrected chi connectivity index (χ0v) is 18.1. The Morgan fingerprint density at radius 2 is 1.65 bits per heavy atom. The number of carbonyl (C=O) groups excluding carboxylic acids is 1. The number of rotatable bonds is 5. The van der Waals surface area contributed by atoms with E-state index in [1.165, 1.54) is 0 Å². The Morgan fingerprint density at radius 3 is 2.45 bits per heavy atom. The van der Waals surface area contributed by atoms with Crippen LogP contribution in [0.3, 0.4) is 0 Å². The number of nitrogens with zero attached hydrogens (tertiary/aromatic N) is 2. The first-order chi connectivity index (χ1) is 15.0. The first kappa shape index (κ1) is 20.9. The fraction of sp³-hybridized carbons (Fsp3) is 0.0400. The van der Waals surface area contributed by atoms with E-state index in [0.717, 1.165) is 16.8 Å². The summed E-state index contributed by atoms with van der Waals surface area (Å²) in [4.78, 5) is 19.3. The molecule has 154 valence electrons. The lowest BCUT2D eigenvalue weighted by molar-refractivity contribution is 0.0990. The monoisotopic (exact) mass is 448 g/mol. The van der Waals surface area contributed by atoms with Gasteiger partial charge in [-0.25, -0.2) is 4.98 Å². The maximum atomic E-state index is 13.4. The second-order valence-corrected chi connectivity index (χ2v) is 7.62. The third-order valence-electron chi connectivity index (χ3n) is 4.76. The molecule has 0 aliphatic heterocycles. The molecule has 0 fully saturated rings. The molecule has 0 atom stereocenters. The third kappa shape index (κ3) is 4.55. The molecule has 6 heteroatoms. The predicted molar refractivity (Wildman–Crippen MR) is 125 cm³/mol. The van der Waals surface area contributed by atoms with E-state index >= 15 is 0 Å². The first-order valence-electron chi connectivity index (χ1n) is 9.55. The number of benzene rings is 3. The van der Waals surface area contributed by atoms with Crippen molar-refractivity contribution in [3.63, 3.8) is 0 Å². The summed E-state index contributed by atoms with van der Waals surface area (Å²) in [6.07, 6.45) is 1.56. The minimum atomic E-state index is -0.260. The molecule has 0 radical (unpaired) electrons. The molecule has 3 aromatic carbocycles. The number of hydrogen-bond donors (Lipinski definition) is 0. The molecule has 0 saturated carbocycles. The second-order valence-electron chi connectivity index (χ2n) is 6.78. The van der Waals surface area contributed by atoms with Crippen LogP contribution in [0.25, 0.3) is 11.1 Å². The van der Waals surface area contributed by atoms with E-state index in [2.05, 4.69) is 4.98 Å². The molecule has 1 amide bonds. The van der Waals surface area contributed by atoms with Crippen LogP contribution in [0.1, 0.15) is 10.4 Å². The highest BCUT2D eigenvalue weighted by Crippen LogP contribution is 2.34. The van der Waals surface area contributed by atoms with Crippen molar-refractivity contribution in [1.29, 1.82) is 0 Å². The number of carbonyl (C=O) groups is 1. The highest BCUT2D eigenvalue weighted by Gasteiger charge is 2.22. The largest absolute Gasteiger partial charge is 0.437 e. The van der Waals surface area contributed by atoms with Gasteiger partial charge in [0.15, 0.2) is 0 Å². The zero-order chi connectivity index (χ0) is 21.8. The van der Waals surface area contributed by atoms with Gasteiger partial charge in [-0.3, -0.25) is 4.79 Å². The Bertz CT molecular complexity index is 1230. The van der Waals surface area contributed by atoms with Gasteiger partial charge in [0.25, 0.3) is 5.91 Å². The summed E-state index contributed by atoms with van der Waals surface area (Å²) >= 11 is 12.3. The molecular formula is C25H18Cl2N2O2. The maximum absolute atomic E-state index is 13.4. The molecule has 0 spiro atoms. The van der Waals surface area contributed by atoms with E-state index in [0.29, 0.717) is 21.4 Å². The van der Waals surface area contributed by atoms with Crippen molar-refractivity contribution in [3.8, 4) is 22.8 Å². The van der Waals surface area contributed by atoms with Gasteiger partial charge in [0.05, 0.1) is 10.7 Å². The number of hydrogen-bond acceptors (Lipinski definition) is 3. The van der Waals surface area contributed by atoms with Gasteiger partial charge in [0, 0.05) is 29.9 Å². The van der Waals surface area contributed by atoms with E-state index in [1.54, 1.807) is 48.5 Å². The van der Waals surface area contributed by atoms with Crippen LogP contribution in [0.5, 0.6) is 11.6 Å². The Labute approximate surface area is 190 Å². The van der Waals surface area contributed by atoms with Gasteiger partial charge in [0.2, 0.25) is 5.88 Å². The average molecular weight is 449 g/mol. The van der Waals surface area contributed by atoms with E-state index in [1.807, 2.05) is 54.6 Å². The molecule has 31 heavy (non-hydrogen) atoms. The van der Waals surface area contributed by atoms with Crippen molar-refractivity contribution in [1.82, 2.24) is 4.98 Å². The summed E-state index contributed by atoms with van der Waals surface area (Å²) < 4.78 is 5.87. The number of halogens is 2. The van der Waals surface area contributed by atoms with Crippen molar-refractivity contribution >= 4 is 34.8 Å². The SMILES string of the molecule is CN(C(=O)c1cccnc1Oc1cc(Cl)ccc1Cl)c1ccccc1-c1ccccc1. The Morgan fingerprint density at radius 1 is 0.903 bits per heavy atom. The van der Waals surface area contributed by atoms with Crippen molar-refractivity contribution in [2.75, 3.05) is 11.9 Å². The number of anilines is 1. The van der Waals surface area contributed by atoms with E-state index in [9.17, 15) is 4.79 Å². The molecule has 1 aromatic heterocycles. The third-order valence-corrected chi connectivity index (χ3v) is 5.30. The van der Waals surface area contributed by atoms with E-state index in [-0.39, 0.29) is 11.8 Å². The van der Waals surface area contributed by atoms with Crippen LogP contribution in [-0.2, 0) is 0 Å². The Kier molecular flexibility index (Phi) is 6.21. The van der Waals surface area contributed by atoms with Crippen LogP contribution in [0.4, 0.5) is 5.69 Å².